The maximum absolute atomic E-state index is 12.4. The summed E-state index contributed by atoms with van der Waals surface area (Å²) in [7, 11) is 4.00. The maximum atomic E-state index is 12.4. The van der Waals surface area contributed by atoms with Crippen molar-refractivity contribution in [2.75, 3.05) is 25.5 Å². The maximum Gasteiger partial charge on any atom is 0.271 e. The number of anilines is 1. The number of carbonyl (C=O) groups is 1. The van der Waals surface area contributed by atoms with Gasteiger partial charge in [-0.3, -0.25) is 9.69 Å². The molecule has 31 heavy (non-hydrogen) atoms. The van der Waals surface area contributed by atoms with Gasteiger partial charge in [0.2, 0.25) is 0 Å². The minimum Gasteiger partial charge on any atom is -0.378 e. The Morgan fingerprint density at radius 2 is 1.71 bits per heavy atom. The number of carbonyl (C=O) groups excluding carboxylic acids is 1. The van der Waals surface area contributed by atoms with Gasteiger partial charge in [0.25, 0.3) is 5.91 Å². The number of hydrogen-bond acceptors (Lipinski definition) is 4. The summed E-state index contributed by atoms with van der Waals surface area (Å²) >= 11 is 0. The van der Waals surface area contributed by atoms with Crippen molar-refractivity contribution in [2.45, 2.75) is 19.5 Å². The number of amides is 1. The molecule has 3 aromatic carbocycles. The fourth-order valence-electron chi connectivity index (χ4n) is 3.80. The van der Waals surface area contributed by atoms with Gasteiger partial charge in [-0.15, -0.1) is 0 Å². The molecule has 1 amide bonds. The first-order valence-corrected chi connectivity index (χ1v) is 10.6. The van der Waals surface area contributed by atoms with Crippen LogP contribution in [0.1, 0.15) is 32.6 Å². The summed E-state index contributed by atoms with van der Waals surface area (Å²) in [5.41, 5.74) is 9.35. The molecule has 1 heterocycles. The molecule has 0 fully saturated rings. The Labute approximate surface area is 184 Å². The van der Waals surface area contributed by atoms with E-state index in [9.17, 15) is 4.79 Å². The monoisotopic (exact) mass is 412 g/mol. The van der Waals surface area contributed by atoms with Crippen LogP contribution >= 0.6 is 0 Å². The van der Waals surface area contributed by atoms with Crippen LogP contribution in [0.25, 0.3) is 0 Å². The molecule has 0 saturated heterocycles. The van der Waals surface area contributed by atoms with Crippen LogP contribution in [0, 0.1) is 0 Å². The smallest absolute Gasteiger partial charge is 0.271 e. The largest absolute Gasteiger partial charge is 0.378 e. The minimum absolute atomic E-state index is 0.209. The van der Waals surface area contributed by atoms with E-state index < -0.39 is 0 Å². The highest BCUT2D eigenvalue weighted by atomic mass is 16.2. The van der Waals surface area contributed by atoms with Crippen LogP contribution in [0.3, 0.4) is 0 Å². The first-order valence-electron chi connectivity index (χ1n) is 10.6. The van der Waals surface area contributed by atoms with Crippen molar-refractivity contribution in [3.05, 3.63) is 101 Å². The Kier molecular flexibility index (Phi) is 6.43. The van der Waals surface area contributed by atoms with E-state index in [1.807, 2.05) is 67.5 Å². The summed E-state index contributed by atoms with van der Waals surface area (Å²) in [5, 5.41) is 4.08. The Balaban J connectivity index is 1.30. The highest BCUT2D eigenvalue weighted by Gasteiger charge is 2.15. The van der Waals surface area contributed by atoms with Crippen molar-refractivity contribution in [1.82, 2.24) is 10.3 Å². The molecule has 5 heteroatoms. The van der Waals surface area contributed by atoms with Gasteiger partial charge in [0.1, 0.15) is 0 Å². The van der Waals surface area contributed by atoms with Crippen molar-refractivity contribution in [2.24, 2.45) is 5.10 Å². The van der Waals surface area contributed by atoms with Crippen LogP contribution in [0.15, 0.2) is 77.9 Å². The highest BCUT2D eigenvalue weighted by Crippen LogP contribution is 2.20. The first-order chi connectivity index (χ1) is 15.1. The number of rotatable bonds is 6. The summed E-state index contributed by atoms with van der Waals surface area (Å²) in [5.74, 6) is -0.209. The number of nitrogens with zero attached hydrogens (tertiary/aromatic N) is 3. The van der Waals surface area contributed by atoms with E-state index in [1.54, 1.807) is 6.21 Å². The van der Waals surface area contributed by atoms with E-state index in [0.717, 1.165) is 37.3 Å². The van der Waals surface area contributed by atoms with Gasteiger partial charge in [-0.1, -0.05) is 48.5 Å². The number of benzene rings is 3. The molecule has 1 N–H and O–H groups in total. The molecule has 0 radical (unpaired) electrons. The van der Waals surface area contributed by atoms with Crippen LogP contribution in [0.2, 0.25) is 0 Å². The van der Waals surface area contributed by atoms with Crippen molar-refractivity contribution in [3.63, 3.8) is 0 Å². The van der Waals surface area contributed by atoms with Crippen LogP contribution in [0.4, 0.5) is 5.69 Å². The van der Waals surface area contributed by atoms with E-state index in [4.69, 9.17) is 0 Å². The van der Waals surface area contributed by atoms with Crippen LogP contribution < -0.4 is 10.3 Å². The van der Waals surface area contributed by atoms with Gasteiger partial charge in [-0.25, -0.2) is 5.43 Å². The van der Waals surface area contributed by atoms with Crippen molar-refractivity contribution in [1.29, 1.82) is 0 Å². The molecule has 5 nitrogen and oxygen atoms in total. The molecule has 158 valence electrons. The summed E-state index contributed by atoms with van der Waals surface area (Å²) in [6.45, 7) is 2.92. The Bertz CT molecular complexity index is 1060. The molecule has 0 aliphatic carbocycles. The van der Waals surface area contributed by atoms with Crippen molar-refractivity contribution >= 4 is 17.8 Å². The standard InChI is InChI=1S/C26H28N4O/c1-29(2)25-13-9-20(10-14-25)17-27-28-26(31)23-11-7-21(8-12-23)18-30-16-15-22-5-3-4-6-24(22)19-30/h3-14,17H,15-16,18-19H2,1-2H3,(H,28,31)/b27-17-. The third kappa shape index (κ3) is 5.38. The van der Waals surface area contributed by atoms with Crippen LogP contribution in [0.5, 0.6) is 0 Å². The molecule has 0 aromatic heterocycles. The van der Waals surface area contributed by atoms with Crippen molar-refractivity contribution < 1.29 is 4.79 Å². The van der Waals surface area contributed by atoms with Gasteiger partial charge in [0.05, 0.1) is 6.21 Å². The van der Waals surface area contributed by atoms with Gasteiger partial charge in [-0.05, 0) is 52.9 Å². The number of nitrogens with one attached hydrogen (secondary N) is 1. The van der Waals surface area contributed by atoms with E-state index in [-0.39, 0.29) is 5.91 Å². The van der Waals surface area contributed by atoms with Gasteiger partial charge < -0.3 is 4.90 Å². The van der Waals surface area contributed by atoms with Gasteiger partial charge in [0, 0.05) is 45.0 Å². The second kappa shape index (κ2) is 9.58. The molecule has 0 spiro atoms. The Hall–Kier alpha value is -3.44. The third-order valence-corrected chi connectivity index (χ3v) is 5.62. The summed E-state index contributed by atoms with van der Waals surface area (Å²) < 4.78 is 0. The van der Waals surface area contributed by atoms with E-state index in [0.29, 0.717) is 5.56 Å². The second-order valence-corrected chi connectivity index (χ2v) is 8.11. The van der Waals surface area contributed by atoms with E-state index >= 15 is 0 Å². The lowest BCUT2D eigenvalue weighted by Gasteiger charge is -2.28. The zero-order chi connectivity index (χ0) is 21.6. The Morgan fingerprint density at radius 1 is 1.00 bits per heavy atom. The molecule has 1 aliphatic rings. The minimum atomic E-state index is -0.209. The zero-order valence-corrected chi connectivity index (χ0v) is 18.1. The zero-order valence-electron chi connectivity index (χ0n) is 18.1. The first kappa shape index (κ1) is 20.8. The predicted molar refractivity (Wildman–Crippen MR) is 127 cm³/mol. The molecule has 1 aliphatic heterocycles. The highest BCUT2D eigenvalue weighted by molar-refractivity contribution is 5.94. The molecule has 3 aromatic rings. The Morgan fingerprint density at radius 3 is 2.42 bits per heavy atom. The SMILES string of the molecule is CN(C)c1ccc(/C=N\NC(=O)c2ccc(CN3CCc4ccccc4C3)cc2)cc1. The predicted octanol–water partition coefficient (Wildman–Crippen LogP) is 4.07. The van der Waals surface area contributed by atoms with Gasteiger partial charge in [0.15, 0.2) is 0 Å². The molecular weight excluding hydrogens is 384 g/mol. The fraction of sp³-hybridized carbons (Fsp3) is 0.231. The lowest BCUT2D eigenvalue weighted by Crippen LogP contribution is -2.30. The number of fused-ring (bicyclic) bond motifs is 1. The summed E-state index contributed by atoms with van der Waals surface area (Å²) in [6.07, 6.45) is 2.74. The summed E-state index contributed by atoms with van der Waals surface area (Å²) in [6, 6.07) is 24.4. The fourth-order valence-corrected chi connectivity index (χ4v) is 3.80. The molecular formula is C26H28N4O. The molecule has 0 bridgehead atoms. The topological polar surface area (TPSA) is 47.9 Å². The normalized spacial score (nSPS) is 13.7. The van der Waals surface area contributed by atoms with E-state index in [2.05, 4.69) is 39.7 Å². The van der Waals surface area contributed by atoms with Crippen LogP contribution in [-0.2, 0) is 19.5 Å². The lowest BCUT2D eigenvalue weighted by molar-refractivity contribution is 0.0955. The van der Waals surface area contributed by atoms with Gasteiger partial charge >= 0.3 is 0 Å². The number of hydrogen-bond donors (Lipinski definition) is 1. The average molecular weight is 413 g/mol. The third-order valence-electron chi connectivity index (χ3n) is 5.62. The molecule has 0 unspecified atom stereocenters. The molecule has 0 atom stereocenters. The number of hydrazone groups is 1. The molecule has 0 saturated carbocycles. The summed E-state index contributed by atoms with van der Waals surface area (Å²) in [4.78, 5) is 16.9. The lowest BCUT2D eigenvalue weighted by atomic mass is 9.99. The second-order valence-electron chi connectivity index (χ2n) is 8.11. The van der Waals surface area contributed by atoms with E-state index in [1.165, 1.54) is 16.7 Å². The quantitative estimate of drug-likeness (QED) is 0.490. The van der Waals surface area contributed by atoms with Crippen LogP contribution in [-0.4, -0.2) is 37.7 Å². The molecule has 4 rings (SSSR count). The van der Waals surface area contributed by atoms with Gasteiger partial charge in [-0.2, -0.15) is 5.10 Å². The average Bonchev–Trinajstić information content (AvgIpc) is 2.80. The van der Waals surface area contributed by atoms with Crippen molar-refractivity contribution in [3.8, 4) is 0 Å².